The zero-order chi connectivity index (χ0) is 29.5. The van der Waals surface area contributed by atoms with Crippen molar-refractivity contribution in [3.63, 3.8) is 0 Å². The van der Waals surface area contributed by atoms with E-state index in [1.54, 1.807) is 0 Å². The van der Waals surface area contributed by atoms with Crippen molar-refractivity contribution in [1.82, 2.24) is 10.1 Å². The van der Waals surface area contributed by atoms with E-state index < -0.39 is 18.6 Å². The summed E-state index contributed by atoms with van der Waals surface area (Å²) in [5.41, 5.74) is 0. The molecular weight excluding hydrogens is 558 g/mol. The first-order valence-electron chi connectivity index (χ1n) is 18.8. The van der Waals surface area contributed by atoms with Crippen molar-refractivity contribution in [2.45, 2.75) is 196 Å². The quantitative estimate of drug-likeness (QED) is 0.0524. The average Bonchev–Trinajstić information content (AvgIpc) is 2.96. The Morgan fingerprint density at radius 2 is 0.439 bits per heavy atom. The van der Waals surface area contributed by atoms with Gasteiger partial charge >= 0.3 is 264 Å². The largest absolute Gasteiger partial charge is 0.147 e. The van der Waals surface area contributed by atoms with Crippen LogP contribution in [0.3, 0.4) is 0 Å². The van der Waals surface area contributed by atoms with Crippen LogP contribution in [-0.4, -0.2) is 49.4 Å². The molecule has 0 aromatic heterocycles. The van der Waals surface area contributed by atoms with Gasteiger partial charge in [0.1, 0.15) is 0 Å². The topological polar surface area (TPSA) is 9.72 Å². The van der Waals surface area contributed by atoms with E-state index in [9.17, 15) is 0 Å². The molecule has 0 aromatic rings. The van der Waals surface area contributed by atoms with Crippen LogP contribution < -0.4 is 0 Å². The number of halogens is 1. The van der Waals surface area contributed by atoms with Gasteiger partial charge in [-0.1, -0.05) is 0 Å². The van der Waals surface area contributed by atoms with Gasteiger partial charge in [0.05, 0.1) is 0 Å². The minimum atomic E-state index is -1.77. The van der Waals surface area contributed by atoms with E-state index in [0.29, 0.717) is 0 Å². The van der Waals surface area contributed by atoms with E-state index in [-0.39, 0.29) is 12.4 Å². The third-order valence-electron chi connectivity index (χ3n) is 8.54. The molecule has 0 rings (SSSR count). The van der Waals surface area contributed by atoms with Gasteiger partial charge in [-0.2, -0.15) is 0 Å². The van der Waals surface area contributed by atoms with Crippen LogP contribution in [0, 0.1) is 0 Å². The van der Waals surface area contributed by atoms with Crippen LogP contribution in [0.15, 0.2) is 0 Å². The van der Waals surface area contributed by atoms with Crippen molar-refractivity contribution in [1.29, 1.82) is 0 Å². The van der Waals surface area contributed by atoms with Crippen molar-refractivity contribution in [2.24, 2.45) is 0 Å². The fourth-order valence-corrected chi connectivity index (χ4v) is 11.1. The minimum Gasteiger partial charge on any atom is -0.147 e. The third kappa shape index (κ3) is 25.9. The molecule has 0 radical (unpaired) electrons. The molecule has 0 spiro atoms. The van der Waals surface area contributed by atoms with Gasteiger partial charge in [0, 0.05) is 0 Å². The predicted octanol–water partition coefficient (Wildman–Crippen LogP) is 12.2. The molecule has 41 heavy (non-hydrogen) atoms. The summed E-state index contributed by atoms with van der Waals surface area (Å²) in [6, 6.07) is 0. The van der Waals surface area contributed by atoms with Gasteiger partial charge in [0.15, 0.2) is 0 Å². The van der Waals surface area contributed by atoms with E-state index in [0.717, 1.165) is 0 Å². The molecule has 0 amide bonds. The molecule has 0 aliphatic heterocycles. The van der Waals surface area contributed by atoms with Crippen LogP contribution in [0.2, 0.25) is 0 Å². The SMILES string of the molecule is CCCCCC[N](CCCCCC)[Ti]([N](CCCCCC)CCCCCC)[N](CCCCCC)CCCCCC.Cl. The molecule has 0 N–H and O–H groups in total. The van der Waals surface area contributed by atoms with Crippen molar-refractivity contribution in [2.75, 3.05) is 39.3 Å². The van der Waals surface area contributed by atoms with Gasteiger partial charge in [0.2, 0.25) is 0 Å². The first-order valence-corrected chi connectivity index (χ1v) is 20.9. The molecule has 0 heterocycles. The van der Waals surface area contributed by atoms with Crippen LogP contribution >= 0.6 is 12.4 Å². The van der Waals surface area contributed by atoms with E-state index in [4.69, 9.17) is 0 Å². The second-order valence-corrected chi connectivity index (χ2v) is 16.5. The molecule has 0 aliphatic rings. The fourth-order valence-electron chi connectivity index (χ4n) is 5.91. The van der Waals surface area contributed by atoms with Crippen LogP contribution in [-0.2, 0) is 18.6 Å². The van der Waals surface area contributed by atoms with Gasteiger partial charge < -0.3 is 0 Å². The minimum absolute atomic E-state index is 0. The summed E-state index contributed by atoms with van der Waals surface area (Å²) in [5.74, 6) is 0. The molecule has 3 nitrogen and oxygen atoms in total. The van der Waals surface area contributed by atoms with Crippen molar-refractivity contribution >= 4 is 12.4 Å². The van der Waals surface area contributed by atoms with Crippen molar-refractivity contribution in [3.05, 3.63) is 0 Å². The molecule has 0 atom stereocenters. The second kappa shape index (κ2) is 35.4. The van der Waals surface area contributed by atoms with Crippen LogP contribution in [0.25, 0.3) is 0 Å². The van der Waals surface area contributed by atoms with E-state index in [2.05, 4.69) is 51.7 Å². The maximum atomic E-state index is 3.16. The molecule has 0 bridgehead atoms. The molecule has 0 unspecified atom stereocenters. The summed E-state index contributed by atoms with van der Waals surface area (Å²) in [4.78, 5) is 0. The molecule has 249 valence electrons. The first-order chi connectivity index (χ1) is 19.7. The van der Waals surface area contributed by atoms with Gasteiger partial charge in [-0.25, -0.2) is 0 Å². The summed E-state index contributed by atoms with van der Waals surface area (Å²) >= 11 is -1.77. The van der Waals surface area contributed by atoms with E-state index >= 15 is 0 Å². The first kappa shape index (κ1) is 44.0. The molecule has 0 aromatic carbocycles. The monoisotopic (exact) mass is 637 g/mol. The van der Waals surface area contributed by atoms with Crippen LogP contribution in [0.1, 0.15) is 196 Å². The summed E-state index contributed by atoms with van der Waals surface area (Å²) < 4.78 is 9.47. The molecule has 0 fully saturated rings. The Hall–Kier alpha value is 0.884. The fraction of sp³-hybridized carbons (Fsp3) is 1.00. The van der Waals surface area contributed by atoms with E-state index in [1.807, 2.05) is 0 Å². The molecule has 0 saturated heterocycles. The van der Waals surface area contributed by atoms with Gasteiger partial charge in [-0.05, 0) is 0 Å². The molecule has 0 aliphatic carbocycles. The van der Waals surface area contributed by atoms with Crippen molar-refractivity contribution in [3.8, 4) is 0 Å². The van der Waals surface area contributed by atoms with Crippen LogP contribution in [0.5, 0.6) is 0 Å². The van der Waals surface area contributed by atoms with E-state index in [1.165, 1.54) is 193 Å². The number of hydrogen-bond acceptors (Lipinski definition) is 3. The predicted molar refractivity (Wildman–Crippen MR) is 187 cm³/mol. The Morgan fingerprint density at radius 3 is 0.585 bits per heavy atom. The standard InChI is InChI=1S/3C12H26N.ClH.Ti/c3*1-3-5-7-9-11-13-12-10-8-6-4-2;;/h3*3-12H2,1-2H3;1H;/q3*-1;;+3. The Bertz CT molecular complexity index is 379. The summed E-state index contributed by atoms with van der Waals surface area (Å²) in [6.07, 6.45) is 33.6. The van der Waals surface area contributed by atoms with Crippen molar-refractivity contribution < 1.29 is 18.6 Å². The number of hydrogen-bond donors (Lipinski definition) is 0. The Morgan fingerprint density at radius 1 is 0.268 bits per heavy atom. The summed E-state index contributed by atoms with van der Waals surface area (Å²) in [7, 11) is 0. The molecule has 0 saturated carbocycles. The Balaban J connectivity index is 0. The van der Waals surface area contributed by atoms with Gasteiger partial charge in [0.25, 0.3) is 0 Å². The maximum Gasteiger partial charge on any atom is -0.147 e. The number of unbranched alkanes of at least 4 members (excludes halogenated alkanes) is 18. The smallest absolute Gasteiger partial charge is 0.147 e. The zero-order valence-electron chi connectivity index (χ0n) is 29.5. The molecular formula is C36H79ClN3Ti. The van der Waals surface area contributed by atoms with Gasteiger partial charge in [-0.3, -0.25) is 0 Å². The molecule has 5 heteroatoms. The third-order valence-corrected chi connectivity index (χ3v) is 13.3. The Labute approximate surface area is 274 Å². The second-order valence-electron chi connectivity index (χ2n) is 12.6. The number of nitrogens with zero attached hydrogens (tertiary/aromatic N) is 3. The van der Waals surface area contributed by atoms with Gasteiger partial charge in [-0.15, -0.1) is 12.4 Å². The zero-order valence-corrected chi connectivity index (χ0v) is 31.8. The Kier molecular flexibility index (Phi) is 38.0. The summed E-state index contributed by atoms with van der Waals surface area (Å²) in [5, 5.41) is 0. The normalized spacial score (nSPS) is 11.6. The summed E-state index contributed by atoms with van der Waals surface area (Å²) in [6.45, 7) is 22.4. The number of rotatable bonds is 33. The van der Waals surface area contributed by atoms with Crippen LogP contribution in [0.4, 0.5) is 0 Å². The average molecular weight is 637 g/mol. The maximum absolute atomic E-state index is 3.16.